The molecule has 2 amide bonds. The van der Waals surface area contributed by atoms with Crippen molar-refractivity contribution in [2.24, 2.45) is 4.99 Å². The highest BCUT2D eigenvalue weighted by atomic mass is 32.2. The first kappa shape index (κ1) is 13.4. The van der Waals surface area contributed by atoms with Crippen LogP contribution in [0.3, 0.4) is 0 Å². The van der Waals surface area contributed by atoms with E-state index in [4.69, 9.17) is 0 Å². The van der Waals surface area contributed by atoms with Gasteiger partial charge in [0.05, 0.1) is 0 Å². The predicted octanol–water partition coefficient (Wildman–Crippen LogP) is 2.31. The molecule has 1 aliphatic heterocycles. The highest BCUT2D eigenvalue weighted by Gasteiger charge is 2.20. The van der Waals surface area contributed by atoms with Crippen LogP contribution < -0.4 is 5.32 Å². The Labute approximate surface area is 102 Å². The number of aliphatic imine (C=N–C) groups is 1. The lowest BCUT2D eigenvalue weighted by Gasteiger charge is -2.32. The zero-order valence-corrected chi connectivity index (χ0v) is 11.3. The zero-order valence-electron chi connectivity index (χ0n) is 10.5. The lowest BCUT2D eigenvalue weighted by Crippen LogP contribution is -2.40. The van der Waals surface area contributed by atoms with Crippen LogP contribution in [0.25, 0.3) is 0 Å². The van der Waals surface area contributed by atoms with Crippen molar-refractivity contribution in [3.8, 4) is 0 Å². The number of urea groups is 1. The topological polar surface area (TPSA) is 44.7 Å². The minimum Gasteiger partial charge on any atom is -0.349 e. The van der Waals surface area contributed by atoms with Crippen LogP contribution in [0.5, 0.6) is 0 Å². The van der Waals surface area contributed by atoms with Gasteiger partial charge in [-0.3, -0.25) is 0 Å². The maximum atomic E-state index is 11.6. The smallest absolute Gasteiger partial charge is 0.343 e. The van der Waals surface area contributed by atoms with Gasteiger partial charge in [0.2, 0.25) is 0 Å². The lowest BCUT2D eigenvalue weighted by molar-refractivity contribution is 0.246. The number of nitrogens with zero attached hydrogens (tertiary/aromatic N) is 2. The number of carbonyl (C=O) groups excluding carboxylic acids is 1. The van der Waals surface area contributed by atoms with Gasteiger partial charge in [-0.1, -0.05) is 11.8 Å². The Morgan fingerprint density at radius 3 is 2.69 bits per heavy atom. The van der Waals surface area contributed by atoms with Gasteiger partial charge >= 0.3 is 6.03 Å². The van der Waals surface area contributed by atoms with Crippen molar-refractivity contribution >= 4 is 23.0 Å². The standard InChI is InChI=1S/C11H21N3OS/c1-8(2)12-10(15)13-11-14(9(3)4)6-5-7-16-11/h8-9H,5-7H2,1-4H3,(H,12,15)/b13-11-. The van der Waals surface area contributed by atoms with E-state index in [1.165, 1.54) is 0 Å². The molecule has 4 nitrogen and oxygen atoms in total. The number of thioether (sulfide) groups is 1. The molecular formula is C11H21N3OS. The minimum atomic E-state index is -0.231. The number of hydrogen-bond donors (Lipinski definition) is 1. The highest BCUT2D eigenvalue weighted by Crippen LogP contribution is 2.19. The molecule has 16 heavy (non-hydrogen) atoms. The molecule has 1 heterocycles. The molecule has 1 N–H and O–H groups in total. The third kappa shape index (κ3) is 4.04. The molecule has 0 saturated carbocycles. The van der Waals surface area contributed by atoms with Gasteiger partial charge < -0.3 is 10.2 Å². The average Bonchev–Trinajstić information content (AvgIpc) is 2.16. The van der Waals surface area contributed by atoms with E-state index in [0.717, 1.165) is 23.9 Å². The molecule has 1 aliphatic rings. The summed E-state index contributed by atoms with van der Waals surface area (Å²) in [6, 6.07) is 0.307. The predicted molar refractivity (Wildman–Crippen MR) is 70.0 cm³/mol. The Hall–Kier alpha value is -0.710. The monoisotopic (exact) mass is 243 g/mol. The van der Waals surface area contributed by atoms with Crippen LogP contribution >= 0.6 is 11.8 Å². The molecule has 0 atom stereocenters. The summed E-state index contributed by atoms with van der Waals surface area (Å²) in [7, 11) is 0. The molecule has 1 saturated heterocycles. The minimum absolute atomic E-state index is 0.137. The Morgan fingerprint density at radius 2 is 2.12 bits per heavy atom. The molecular weight excluding hydrogens is 222 g/mol. The average molecular weight is 243 g/mol. The molecule has 0 aliphatic carbocycles. The van der Waals surface area contributed by atoms with Gasteiger partial charge in [0.25, 0.3) is 0 Å². The molecule has 1 rings (SSSR count). The second kappa shape index (κ2) is 6.13. The summed E-state index contributed by atoms with van der Waals surface area (Å²) in [6.45, 7) is 9.13. The van der Waals surface area contributed by atoms with Crippen LogP contribution in [0.2, 0.25) is 0 Å². The highest BCUT2D eigenvalue weighted by molar-refractivity contribution is 8.13. The SMILES string of the molecule is CC(C)NC(=O)/N=C1\SCCCN1C(C)C. The molecule has 0 radical (unpaired) electrons. The largest absolute Gasteiger partial charge is 0.349 e. The van der Waals surface area contributed by atoms with Crippen molar-refractivity contribution in [2.45, 2.75) is 46.2 Å². The van der Waals surface area contributed by atoms with Gasteiger partial charge in [-0.15, -0.1) is 0 Å². The Balaban J connectivity index is 2.67. The zero-order chi connectivity index (χ0) is 12.1. The second-order valence-electron chi connectivity index (χ2n) is 4.49. The first-order valence-electron chi connectivity index (χ1n) is 5.79. The van der Waals surface area contributed by atoms with Crippen molar-refractivity contribution in [1.29, 1.82) is 0 Å². The van der Waals surface area contributed by atoms with Gasteiger partial charge in [-0.25, -0.2) is 4.79 Å². The summed E-state index contributed by atoms with van der Waals surface area (Å²) in [5.41, 5.74) is 0. The van der Waals surface area contributed by atoms with Crippen LogP contribution in [0.15, 0.2) is 4.99 Å². The first-order chi connectivity index (χ1) is 7.50. The van der Waals surface area contributed by atoms with Crippen LogP contribution in [0, 0.1) is 0 Å². The van der Waals surface area contributed by atoms with Gasteiger partial charge in [0.15, 0.2) is 5.17 Å². The Bertz CT molecular complexity index is 276. The fraction of sp³-hybridized carbons (Fsp3) is 0.818. The van der Waals surface area contributed by atoms with Crippen LogP contribution in [0.4, 0.5) is 4.79 Å². The van der Waals surface area contributed by atoms with Crippen LogP contribution in [-0.4, -0.2) is 40.5 Å². The van der Waals surface area contributed by atoms with Crippen molar-refractivity contribution < 1.29 is 4.79 Å². The van der Waals surface area contributed by atoms with Crippen molar-refractivity contribution in [3.05, 3.63) is 0 Å². The molecule has 1 fully saturated rings. The van der Waals surface area contributed by atoms with E-state index in [-0.39, 0.29) is 12.1 Å². The van der Waals surface area contributed by atoms with Crippen LogP contribution in [-0.2, 0) is 0 Å². The maximum absolute atomic E-state index is 11.6. The molecule has 5 heteroatoms. The van der Waals surface area contributed by atoms with Crippen LogP contribution in [0.1, 0.15) is 34.1 Å². The van der Waals surface area contributed by atoms with Crippen molar-refractivity contribution in [3.63, 3.8) is 0 Å². The summed E-state index contributed by atoms with van der Waals surface area (Å²) in [5, 5.41) is 3.64. The van der Waals surface area contributed by atoms with E-state index >= 15 is 0 Å². The Morgan fingerprint density at radius 1 is 1.44 bits per heavy atom. The number of nitrogens with one attached hydrogen (secondary N) is 1. The number of amidine groups is 1. The molecule has 92 valence electrons. The van der Waals surface area contributed by atoms with E-state index in [2.05, 4.69) is 29.1 Å². The summed E-state index contributed by atoms with van der Waals surface area (Å²) in [4.78, 5) is 17.9. The molecule has 0 unspecified atom stereocenters. The van der Waals surface area contributed by atoms with E-state index in [9.17, 15) is 4.79 Å². The third-order valence-corrected chi connectivity index (χ3v) is 3.33. The summed E-state index contributed by atoms with van der Waals surface area (Å²) < 4.78 is 0. The summed E-state index contributed by atoms with van der Waals surface area (Å²) >= 11 is 1.67. The Kier molecular flexibility index (Phi) is 5.12. The third-order valence-electron chi connectivity index (χ3n) is 2.25. The molecule has 0 spiro atoms. The molecule has 0 aromatic carbocycles. The quantitative estimate of drug-likeness (QED) is 0.809. The second-order valence-corrected chi connectivity index (χ2v) is 5.55. The van der Waals surface area contributed by atoms with Gasteiger partial charge in [0, 0.05) is 24.4 Å². The number of rotatable bonds is 2. The summed E-state index contributed by atoms with van der Waals surface area (Å²) in [6.07, 6.45) is 1.16. The normalized spacial score (nSPS) is 19.6. The van der Waals surface area contributed by atoms with Crippen molar-refractivity contribution in [1.82, 2.24) is 10.2 Å². The lowest BCUT2D eigenvalue weighted by atomic mass is 10.3. The van der Waals surface area contributed by atoms with Gasteiger partial charge in [-0.05, 0) is 34.1 Å². The fourth-order valence-electron chi connectivity index (χ4n) is 1.52. The number of amides is 2. The van der Waals surface area contributed by atoms with Crippen molar-refractivity contribution in [2.75, 3.05) is 12.3 Å². The first-order valence-corrected chi connectivity index (χ1v) is 6.78. The molecule has 0 bridgehead atoms. The van der Waals surface area contributed by atoms with E-state index in [0.29, 0.717) is 6.04 Å². The van der Waals surface area contributed by atoms with E-state index in [1.54, 1.807) is 11.8 Å². The summed E-state index contributed by atoms with van der Waals surface area (Å²) in [5.74, 6) is 1.05. The van der Waals surface area contributed by atoms with Gasteiger partial charge in [0.1, 0.15) is 0 Å². The fourth-order valence-corrected chi connectivity index (χ4v) is 2.59. The molecule has 0 aromatic rings. The van der Waals surface area contributed by atoms with E-state index < -0.39 is 0 Å². The molecule has 0 aromatic heterocycles. The van der Waals surface area contributed by atoms with E-state index in [1.807, 2.05) is 13.8 Å². The maximum Gasteiger partial charge on any atom is 0.343 e. The number of carbonyl (C=O) groups is 1. The van der Waals surface area contributed by atoms with Gasteiger partial charge in [-0.2, -0.15) is 4.99 Å². The number of hydrogen-bond acceptors (Lipinski definition) is 2.